The molecule has 3 nitrogen and oxygen atoms in total. The standard InChI is InChI=1S/C4H11OS.C2H4O2/c1-6(2)4-3-5;1-2(3)4/h5H,3-4H2,1-2H3;1H3,(H,3,4)/q+1;/p-1. The van der Waals surface area contributed by atoms with Crippen LogP contribution in [0.1, 0.15) is 6.92 Å². The van der Waals surface area contributed by atoms with Gasteiger partial charge in [-0.05, 0) is 17.8 Å². The van der Waals surface area contributed by atoms with Crippen LogP contribution in [0.15, 0.2) is 0 Å². The second-order valence-electron chi connectivity index (χ2n) is 1.90. The van der Waals surface area contributed by atoms with E-state index in [9.17, 15) is 0 Å². The molecule has 0 rings (SSSR count). The maximum atomic E-state index is 8.89. The summed E-state index contributed by atoms with van der Waals surface area (Å²) in [6.07, 6.45) is 4.24. The maximum absolute atomic E-state index is 8.89. The molecule has 0 bridgehead atoms. The van der Waals surface area contributed by atoms with Gasteiger partial charge in [0.05, 0.1) is 19.1 Å². The van der Waals surface area contributed by atoms with Gasteiger partial charge in [0.1, 0.15) is 5.75 Å². The van der Waals surface area contributed by atoms with Crippen molar-refractivity contribution in [3.05, 3.63) is 0 Å². The summed E-state index contributed by atoms with van der Waals surface area (Å²) in [5.41, 5.74) is 0. The highest BCUT2D eigenvalue weighted by Crippen LogP contribution is 1.78. The highest BCUT2D eigenvalue weighted by molar-refractivity contribution is 7.95. The Balaban J connectivity index is 0. The Morgan fingerprint density at radius 2 is 1.90 bits per heavy atom. The quantitative estimate of drug-likeness (QED) is 0.514. The molecule has 0 heterocycles. The van der Waals surface area contributed by atoms with Crippen LogP contribution in [0.2, 0.25) is 0 Å². The summed E-state index contributed by atoms with van der Waals surface area (Å²) in [5, 5.41) is 17.1. The average Bonchev–Trinajstić information content (AvgIpc) is 1.62. The van der Waals surface area contributed by atoms with E-state index in [-0.39, 0.29) is 0 Å². The number of carbonyl (C=O) groups excluding carboxylic acids is 1. The topological polar surface area (TPSA) is 60.4 Å². The Labute approximate surface area is 64.4 Å². The Morgan fingerprint density at radius 1 is 1.60 bits per heavy atom. The molecule has 62 valence electrons. The van der Waals surface area contributed by atoms with E-state index in [1.54, 1.807) is 0 Å². The van der Waals surface area contributed by atoms with Crippen molar-refractivity contribution in [2.45, 2.75) is 6.92 Å². The Bertz CT molecular complexity index is 79.1. The minimum Gasteiger partial charge on any atom is -0.550 e. The largest absolute Gasteiger partial charge is 0.550 e. The fourth-order valence-electron chi connectivity index (χ4n) is 0.183. The third-order valence-electron chi connectivity index (χ3n) is 0.500. The van der Waals surface area contributed by atoms with Crippen LogP contribution in [0.25, 0.3) is 0 Å². The van der Waals surface area contributed by atoms with Crippen LogP contribution in [-0.2, 0) is 15.7 Å². The van der Waals surface area contributed by atoms with Crippen LogP contribution in [-0.4, -0.2) is 35.9 Å². The normalized spacial score (nSPS) is 8.50. The molecule has 0 aromatic rings. The van der Waals surface area contributed by atoms with Gasteiger partial charge in [0.15, 0.2) is 0 Å². The number of hydrogen-bond acceptors (Lipinski definition) is 3. The van der Waals surface area contributed by atoms with Crippen molar-refractivity contribution in [2.24, 2.45) is 0 Å². The van der Waals surface area contributed by atoms with Gasteiger partial charge in [-0.3, -0.25) is 0 Å². The molecule has 4 heteroatoms. The van der Waals surface area contributed by atoms with Gasteiger partial charge in [-0.15, -0.1) is 0 Å². The lowest BCUT2D eigenvalue weighted by atomic mass is 10.9. The summed E-state index contributed by atoms with van der Waals surface area (Å²) < 4.78 is 0. The van der Waals surface area contributed by atoms with Crippen LogP contribution in [0, 0.1) is 0 Å². The number of aliphatic carboxylic acids is 1. The number of aliphatic hydroxyl groups excluding tert-OH is 1. The maximum Gasteiger partial charge on any atom is 0.130 e. The second kappa shape index (κ2) is 8.78. The first-order valence-corrected chi connectivity index (χ1v) is 5.04. The summed E-state index contributed by atoms with van der Waals surface area (Å²) in [6.45, 7) is 1.32. The van der Waals surface area contributed by atoms with Gasteiger partial charge in [-0.25, -0.2) is 0 Å². The fourth-order valence-corrected chi connectivity index (χ4v) is 0.548. The Hall–Kier alpha value is -0.220. The van der Waals surface area contributed by atoms with Gasteiger partial charge < -0.3 is 15.0 Å². The highest BCUT2D eigenvalue weighted by Gasteiger charge is 1.95. The molecule has 0 aromatic heterocycles. The minimum absolute atomic E-state index is 0.343. The lowest BCUT2D eigenvalue weighted by Crippen LogP contribution is -2.16. The van der Waals surface area contributed by atoms with Crippen LogP contribution < -0.4 is 5.11 Å². The van der Waals surface area contributed by atoms with Crippen molar-refractivity contribution in [1.29, 1.82) is 0 Å². The number of rotatable bonds is 2. The van der Waals surface area contributed by atoms with Gasteiger partial charge in [-0.1, -0.05) is 0 Å². The first-order chi connectivity index (χ1) is 4.50. The van der Waals surface area contributed by atoms with Crippen molar-refractivity contribution < 1.29 is 15.0 Å². The number of carboxylic acids is 1. The minimum atomic E-state index is -1.08. The first kappa shape index (κ1) is 12.5. The Morgan fingerprint density at radius 3 is 1.90 bits per heavy atom. The molecule has 0 aliphatic carbocycles. The van der Waals surface area contributed by atoms with E-state index in [1.165, 1.54) is 0 Å². The van der Waals surface area contributed by atoms with Gasteiger partial charge in [0.25, 0.3) is 0 Å². The van der Waals surface area contributed by atoms with Gasteiger partial charge in [0, 0.05) is 5.97 Å². The lowest BCUT2D eigenvalue weighted by molar-refractivity contribution is -0.302. The van der Waals surface area contributed by atoms with Gasteiger partial charge in [0.2, 0.25) is 0 Å². The summed E-state index contributed by atoms with van der Waals surface area (Å²) >= 11 is 0. The summed E-state index contributed by atoms with van der Waals surface area (Å²) in [6, 6.07) is 0. The van der Waals surface area contributed by atoms with E-state index in [0.29, 0.717) is 17.5 Å². The fraction of sp³-hybridized carbons (Fsp3) is 0.833. The van der Waals surface area contributed by atoms with Crippen LogP contribution in [0.4, 0.5) is 0 Å². The molecule has 0 fully saturated rings. The zero-order valence-electron chi connectivity index (χ0n) is 6.59. The molecule has 0 radical (unpaired) electrons. The van der Waals surface area contributed by atoms with E-state index in [0.717, 1.165) is 12.7 Å². The zero-order chi connectivity index (χ0) is 8.57. The van der Waals surface area contributed by atoms with Crippen molar-refractivity contribution >= 4 is 16.9 Å². The van der Waals surface area contributed by atoms with Crippen molar-refractivity contribution in [3.63, 3.8) is 0 Å². The predicted molar refractivity (Wildman–Crippen MR) is 41.8 cm³/mol. The van der Waals surface area contributed by atoms with Gasteiger partial charge >= 0.3 is 0 Å². The van der Waals surface area contributed by atoms with E-state index < -0.39 is 5.97 Å². The van der Waals surface area contributed by atoms with E-state index in [4.69, 9.17) is 15.0 Å². The summed E-state index contributed by atoms with van der Waals surface area (Å²) in [4.78, 5) is 8.89. The molecule has 10 heavy (non-hydrogen) atoms. The molecule has 0 aromatic carbocycles. The average molecular weight is 166 g/mol. The molecule has 0 amide bonds. The monoisotopic (exact) mass is 166 g/mol. The van der Waals surface area contributed by atoms with E-state index in [1.807, 2.05) is 0 Å². The molecular weight excluding hydrogens is 152 g/mol. The van der Waals surface area contributed by atoms with Crippen LogP contribution >= 0.6 is 0 Å². The third-order valence-corrected chi connectivity index (χ3v) is 1.50. The van der Waals surface area contributed by atoms with Crippen molar-refractivity contribution in [2.75, 3.05) is 24.9 Å². The van der Waals surface area contributed by atoms with Crippen LogP contribution in [0.3, 0.4) is 0 Å². The predicted octanol–water partition coefficient (Wildman–Crippen LogP) is -1.39. The molecular formula is C6H14O3S. The number of hydrogen-bond donors (Lipinski definition) is 1. The Kier molecular flexibility index (Phi) is 10.9. The second-order valence-corrected chi connectivity index (χ2v) is 4.28. The molecule has 0 unspecified atom stereocenters. The number of carbonyl (C=O) groups is 1. The third kappa shape index (κ3) is 46.3. The van der Waals surface area contributed by atoms with Crippen molar-refractivity contribution in [3.8, 4) is 0 Å². The number of carboxylic acid groups (broad SMARTS) is 1. The van der Waals surface area contributed by atoms with E-state index in [2.05, 4.69) is 12.5 Å². The SMILES string of the molecule is CC(=O)[O-].C[S+](C)CCO. The highest BCUT2D eigenvalue weighted by atomic mass is 32.2. The smallest absolute Gasteiger partial charge is 0.130 e. The lowest BCUT2D eigenvalue weighted by Gasteiger charge is -1.86. The molecule has 0 saturated carbocycles. The molecule has 0 aliphatic heterocycles. The molecule has 1 N–H and O–H groups in total. The van der Waals surface area contributed by atoms with Crippen molar-refractivity contribution in [1.82, 2.24) is 0 Å². The summed E-state index contributed by atoms with van der Waals surface area (Å²) in [5.74, 6) is -0.125. The van der Waals surface area contributed by atoms with Gasteiger partial charge in [-0.2, -0.15) is 0 Å². The molecule has 0 spiro atoms. The first-order valence-electron chi connectivity index (χ1n) is 2.83. The molecule has 0 saturated heterocycles. The molecule has 0 atom stereocenters. The molecule has 0 aliphatic rings. The van der Waals surface area contributed by atoms with E-state index >= 15 is 0 Å². The zero-order valence-corrected chi connectivity index (χ0v) is 7.40. The van der Waals surface area contributed by atoms with Crippen LogP contribution in [0.5, 0.6) is 0 Å². The number of aliphatic hydroxyl groups is 1. The summed E-state index contributed by atoms with van der Waals surface area (Å²) in [7, 11) is 0.434.